The average Bonchev–Trinajstić information content (AvgIpc) is 3.25. The fourth-order valence-corrected chi connectivity index (χ4v) is 4.47. The second-order valence-corrected chi connectivity index (χ2v) is 8.44. The van der Waals surface area contributed by atoms with E-state index < -0.39 is 18.1 Å². The van der Waals surface area contributed by atoms with Gasteiger partial charge in [-0.1, -0.05) is 72.8 Å². The topological polar surface area (TPSA) is 54.0 Å². The lowest BCUT2D eigenvalue weighted by Crippen LogP contribution is -2.67. The number of para-hydroxylation sites is 2. The lowest BCUT2D eigenvalue weighted by molar-refractivity contribution is -0.318. The highest BCUT2D eigenvalue weighted by molar-refractivity contribution is 5.75. The molecule has 2 amide bonds. The molecule has 2 aliphatic rings. The van der Waals surface area contributed by atoms with Crippen LogP contribution in [0.25, 0.3) is 0 Å². The first-order valence-corrected chi connectivity index (χ1v) is 11.3. The van der Waals surface area contributed by atoms with Crippen molar-refractivity contribution >= 4 is 6.03 Å². The molecule has 1 saturated heterocycles. The number of piperazine rings is 1. The van der Waals surface area contributed by atoms with Crippen LogP contribution in [0.2, 0.25) is 0 Å². The predicted molar refractivity (Wildman–Crippen MR) is 123 cm³/mol. The molecular weight excluding hydrogens is 459 g/mol. The highest BCUT2D eigenvalue weighted by atomic mass is 19.4. The quantitative estimate of drug-likeness (QED) is 0.580. The van der Waals surface area contributed by atoms with Crippen molar-refractivity contribution in [1.29, 1.82) is 0 Å². The summed E-state index contributed by atoms with van der Waals surface area (Å²) in [4.78, 5) is 16.5. The van der Waals surface area contributed by atoms with Gasteiger partial charge < -0.3 is 14.4 Å². The van der Waals surface area contributed by atoms with Crippen LogP contribution in [0.1, 0.15) is 17.2 Å². The Kier molecular flexibility index (Phi) is 6.02. The van der Waals surface area contributed by atoms with Gasteiger partial charge in [0.05, 0.1) is 6.04 Å². The molecule has 5 rings (SSSR count). The van der Waals surface area contributed by atoms with Gasteiger partial charge in [-0.15, -0.1) is 0 Å². The molecule has 35 heavy (non-hydrogen) atoms. The molecule has 182 valence electrons. The number of alkyl halides is 3. The van der Waals surface area contributed by atoms with Gasteiger partial charge in [-0.2, -0.15) is 13.2 Å². The summed E-state index contributed by atoms with van der Waals surface area (Å²) < 4.78 is 52.0. The number of hydrogen-bond acceptors (Lipinski definition) is 4. The van der Waals surface area contributed by atoms with E-state index in [0.29, 0.717) is 13.1 Å². The number of amides is 2. The molecule has 0 saturated carbocycles. The molecule has 0 spiro atoms. The van der Waals surface area contributed by atoms with Crippen LogP contribution in [0.4, 0.5) is 18.0 Å². The smallest absolute Gasteiger partial charge is 0.424 e. The standard InChI is InChI=1S/C26H24F3N3O3/c27-25(28,29)26(34-21-13-7-8-14-22(21)35-26)30-24(33)32-17-15-31(16-18-32)23(19-9-3-1-4-10-19)20-11-5-2-6-12-20/h1-14,23H,15-18H2,(H,30,33). The first-order valence-electron chi connectivity index (χ1n) is 11.3. The number of halogens is 3. The maximum Gasteiger partial charge on any atom is 0.492 e. The van der Waals surface area contributed by atoms with E-state index in [4.69, 9.17) is 9.47 Å². The summed E-state index contributed by atoms with van der Waals surface area (Å²) >= 11 is 0. The van der Waals surface area contributed by atoms with E-state index in [1.54, 1.807) is 0 Å². The lowest BCUT2D eigenvalue weighted by atomic mass is 9.96. The second kappa shape index (κ2) is 9.14. The molecule has 0 aliphatic carbocycles. The molecule has 0 atom stereocenters. The van der Waals surface area contributed by atoms with Crippen LogP contribution >= 0.6 is 0 Å². The molecule has 6 nitrogen and oxygen atoms in total. The number of nitrogens with one attached hydrogen (secondary N) is 1. The Morgan fingerprint density at radius 2 is 1.23 bits per heavy atom. The van der Waals surface area contributed by atoms with Crippen molar-refractivity contribution in [3.05, 3.63) is 96.1 Å². The van der Waals surface area contributed by atoms with Gasteiger partial charge in [0, 0.05) is 26.2 Å². The molecule has 2 aliphatic heterocycles. The zero-order chi connectivity index (χ0) is 24.5. The third-order valence-corrected chi connectivity index (χ3v) is 6.20. The van der Waals surface area contributed by atoms with Crippen LogP contribution < -0.4 is 14.8 Å². The summed E-state index contributed by atoms with van der Waals surface area (Å²) in [6.07, 6.45) is -4.99. The van der Waals surface area contributed by atoms with Crippen LogP contribution in [0.15, 0.2) is 84.9 Å². The third-order valence-electron chi connectivity index (χ3n) is 6.20. The summed E-state index contributed by atoms with van der Waals surface area (Å²) in [5.41, 5.74) is 2.22. The van der Waals surface area contributed by atoms with Crippen molar-refractivity contribution in [3.63, 3.8) is 0 Å². The Morgan fingerprint density at radius 3 is 1.69 bits per heavy atom. The van der Waals surface area contributed by atoms with Gasteiger partial charge in [-0.25, -0.2) is 4.79 Å². The highest BCUT2D eigenvalue weighted by Crippen LogP contribution is 2.45. The molecule has 1 fully saturated rings. The third kappa shape index (κ3) is 4.51. The van der Waals surface area contributed by atoms with Gasteiger partial charge in [0.1, 0.15) is 0 Å². The number of fused-ring (bicyclic) bond motifs is 1. The molecular formula is C26H24F3N3O3. The van der Waals surface area contributed by atoms with Crippen LogP contribution in [-0.4, -0.2) is 54.1 Å². The van der Waals surface area contributed by atoms with Crippen LogP contribution in [0.5, 0.6) is 11.5 Å². The monoisotopic (exact) mass is 483 g/mol. The molecule has 0 bridgehead atoms. The van der Waals surface area contributed by atoms with Crippen LogP contribution in [0.3, 0.4) is 0 Å². The van der Waals surface area contributed by atoms with Crippen molar-refractivity contribution in [2.45, 2.75) is 18.1 Å². The minimum atomic E-state index is -4.99. The van der Waals surface area contributed by atoms with Crippen molar-refractivity contribution < 1.29 is 27.4 Å². The average molecular weight is 483 g/mol. The fraction of sp³-hybridized carbons (Fsp3) is 0.269. The number of carbonyl (C=O) groups excluding carboxylic acids is 1. The van der Waals surface area contributed by atoms with E-state index in [1.807, 2.05) is 41.7 Å². The second-order valence-electron chi connectivity index (χ2n) is 8.44. The molecule has 0 radical (unpaired) electrons. The van der Waals surface area contributed by atoms with Gasteiger partial charge in [-0.05, 0) is 23.3 Å². The van der Waals surface area contributed by atoms with E-state index in [0.717, 1.165) is 11.1 Å². The minimum Gasteiger partial charge on any atom is -0.424 e. The Hall–Kier alpha value is -3.72. The van der Waals surface area contributed by atoms with Crippen molar-refractivity contribution in [3.8, 4) is 11.5 Å². The summed E-state index contributed by atoms with van der Waals surface area (Å²) in [6, 6.07) is 24.9. The molecule has 2 heterocycles. The number of nitrogens with zero attached hydrogens (tertiary/aromatic N) is 2. The molecule has 0 unspecified atom stereocenters. The maximum absolute atomic E-state index is 14.0. The summed E-state index contributed by atoms with van der Waals surface area (Å²) in [5, 5.41) is 1.96. The number of rotatable bonds is 4. The zero-order valence-corrected chi connectivity index (χ0v) is 18.7. The zero-order valence-electron chi connectivity index (χ0n) is 18.7. The molecule has 3 aromatic carbocycles. The largest absolute Gasteiger partial charge is 0.492 e. The summed E-state index contributed by atoms with van der Waals surface area (Å²) in [7, 11) is 0. The van der Waals surface area contributed by atoms with Crippen LogP contribution in [-0.2, 0) is 0 Å². The number of urea groups is 1. The first-order chi connectivity index (χ1) is 16.9. The van der Waals surface area contributed by atoms with Crippen molar-refractivity contribution in [2.75, 3.05) is 26.2 Å². The van der Waals surface area contributed by atoms with Crippen LogP contribution in [0, 0.1) is 0 Å². The molecule has 1 N–H and O–H groups in total. The van der Waals surface area contributed by atoms with E-state index >= 15 is 0 Å². The SMILES string of the molecule is O=C(NC1(C(F)(F)F)Oc2ccccc2O1)N1CCN(C(c2ccccc2)c2ccccc2)CC1. The summed E-state index contributed by atoms with van der Waals surface area (Å²) in [5.74, 6) is -3.42. The van der Waals surface area contributed by atoms with Crippen molar-refractivity contribution in [2.24, 2.45) is 0 Å². The molecule has 3 aromatic rings. The Morgan fingerprint density at radius 1 is 0.771 bits per heavy atom. The Bertz CT molecular complexity index is 1100. The molecule has 0 aromatic heterocycles. The van der Waals surface area contributed by atoms with Gasteiger partial charge in [0.2, 0.25) is 0 Å². The Balaban J connectivity index is 1.29. The van der Waals surface area contributed by atoms with E-state index in [2.05, 4.69) is 29.2 Å². The first kappa shape index (κ1) is 23.0. The molecule has 9 heteroatoms. The van der Waals surface area contributed by atoms with E-state index in [-0.39, 0.29) is 30.6 Å². The number of benzene rings is 3. The number of ether oxygens (including phenoxy) is 2. The predicted octanol–water partition coefficient (Wildman–Crippen LogP) is 4.79. The Labute approximate surface area is 200 Å². The number of hydrogen-bond donors (Lipinski definition) is 1. The van der Waals surface area contributed by atoms with E-state index in [9.17, 15) is 18.0 Å². The summed E-state index contributed by atoms with van der Waals surface area (Å²) in [6.45, 7) is 1.48. The van der Waals surface area contributed by atoms with Crippen molar-refractivity contribution in [1.82, 2.24) is 15.1 Å². The number of carbonyl (C=O) groups is 1. The minimum absolute atomic E-state index is 0.0277. The highest BCUT2D eigenvalue weighted by Gasteiger charge is 2.66. The van der Waals surface area contributed by atoms with Gasteiger partial charge >= 0.3 is 18.1 Å². The normalized spacial score (nSPS) is 17.4. The maximum atomic E-state index is 14.0. The lowest BCUT2D eigenvalue weighted by Gasteiger charge is -2.40. The van der Waals surface area contributed by atoms with Gasteiger partial charge in [-0.3, -0.25) is 10.2 Å². The van der Waals surface area contributed by atoms with Gasteiger partial charge in [0.15, 0.2) is 11.5 Å². The fourth-order valence-electron chi connectivity index (χ4n) is 4.47. The van der Waals surface area contributed by atoms with Gasteiger partial charge in [0.25, 0.3) is 0 Å². The van der Waals surface area contributed by atoms with E-state index in [1.165, 1.54) is 29.2 Å².